The number of aromatic nitrogens is 2. The molecule has 0 aliphatic rings. The average Bonchev–Trinajstić information content (AvgIpc) is 2.73. The second-order valence-corrected chi connectivity index (χ2v) is 3.99. The Morgan fingerprint density at radius 3 is 2.89 bits per heavy atom. The number of aryl methyl sites for hydroxylation is 1. The summed E-state index contributed by atoms with van der Waals surface area (Å²) in [7, 11) is 0. The summed E-state index contributed by atoms with van der Waals surface area (Å²) in [6.45, 7) is 2.05. The van der Waals surface area contributed by atoms with Gasteiger partial charge in [0.15, 0.2) is 5.82 Å². The van der Waals surface area contributed by atoms with Crippen LogP contribution in [0.25, 0.3) is 0 Å². The van der Waals surface area contributed by atoms with E-state index in [1.54, 1.807) is 13.0 Å². The van der Waals surface area contributed by atoms with Crippen LogP contribution >= 0.6 is 11.6 Å². The van der Waals surface area contributed by atoms with Crippen LogP contribution in [0.2, 0.25) is 5.02 Å². The third kappa shape index (κ3) is 2.78. The van der Waals surface area contributed by atoms with Crippen molar-refractivity contribution in [2.45, 2.75) is 13.5 Å². The highest BCUT2D eigenvalue weighted by atomic mass is 35.5. The van der Waals surface area contributed by atoms with Crippen molar-refractivity contribution < 1.29 is 14.4 Å². The van der Waals surface area contributed by atoms with Gasteiger partial charge in [0.25, 0.3) is 0 Å². The smallest absolute Gasteiger partial charge is 0.335 e. The van der Waals surface area contributed by atoms with Gasteiger partial charge in [-0.2, -0.15) is 4.98 Å². The molecule has 0 unspecified atom stereocenters. The van der Waals surface area contributed by atoms with Crippen LogP contribution in [0.4, 0.5) is 5.69 Å². The summed E-state index contributed by atoms with van der Waals surface area (Å²) in [6, 6.07) is 4.45. The predicted molar refractivity (Wildman–Crippen MR) is 64.8 cm³/mol. The summed E-state index contributed by atoms with van der Waals surface area (Å²) in [5.74, 6) is -0.0257. The zero-order valence-electron chi connectivity index (χ0n) is 9.48. The molecule has 0 amide bonds. The standard InChI is InChI=1S/C11H10ClN3O3/c1-6-14-10(15-18-6)5-13-9-3-2-7(11(16)17)4-8(9)12/h2-4,13H,5H2,1H3,(H,16,17). The number of rotatable bonds is 4. The summed E-state index contributed by atoms with van der Waals surface area (Å²) in [5, 5.41) is 15.8. The molecule has 2 aromatic rings. The highest BCUT2D eigenvalue weighted by Crippen LogP contribution is 2.23. The molecule has 0 spiro atoms. The Morgan fingerprint density at radius 1 is 1.56 bits per heavy atom. The zero-order chi connectivity index (χ0) is 13.1. The van der Waals surface area contributed by atoms with Crippen LogP contribution in [0.3, 0.4) is 0 Å². The van der Waals surface area contributed by atoms with Crippen LogP contribution in [0.5, 0.6) is 0 Å². The Kier molecular flexibility index (Phi) is 3.47. The third-order valence-electron chi connectivity index (χ3n) is 2.22. The topological polar surface area (TPSA) is 88.2 Å². The molecule has 1 heterocycles. The maximum atomic E-state index is 10.7. The summed E-state index contributed by atoms with van der Waals surface area (Å²) >= 11 is 5.95. The number of hydrogen-bond donors (Lipinski definition) is 2. The summed E-state index contributed by atoms with van der Waals surface area (Å²) in [6.07, 6.45) is 0. The fraction of sp³-hybridized carbons (Fsp3) is 0.182. The fourth-order valence-corrected chi connectivity index (χ4v) is 1.63. The molecule has 18 heavy (non-hydrogen) atoms. The van der Waals surface area contributed by atoms with Crippen molar-refractivity contribution in [1.29, 1.82) is 0 Å². The van der Waals surface area contributed by atoms with Gasteiger partial charge in [-0.15, -0.1) is 0 Å². The summed E-state index contributed by atoms with van der Waals surface area (Å²) in [5.41, 5.74) is 0.755. The molecule has 0 saturated carbocycles. The monoisotopic (exact) mass is 267 g/mol. The predicted octanol–water partition coefficient (Wildman–Crippen LogP) is 2.34. The lowest BCUT2D eigenvalue weighted by atomic mass is 10.2. The van der Waals surface area contributed by atoms with Crippen molar-refractivity contribution in [3.63, 3.8) is 0 Å². The van der Waals surface area contributed by atoms with Gasteiger partial charge in [-0.05, 0) is 18.2 Å². The number of benzene rings is 1. The Balaban J connectivity index is 2.08. The van der Waals surface area contributed by atoms with Crippen molar-refractivity contribution in [2.75, 3.05) is 5.32 Å². The molecule has 2 N–H and O–H groups in total. The molecule has 0 aliphatic heterocycles. The lowest BCUT2D eigenvalue weighted by Gasteiger charge is -2.06. The number of nitrogens with one attached hydrogen (secondary N) is 1. The van der Waals surface area contributed by atoms with Crippen molar-refractivity contribution in [2.24, 2.45) is 0 Å². The first-order valence-corrected chi connectivity index (χ1v) is 5.50. The van der Waals surface area contributed by atoms with E-state index in [9.17, 15) is 4.79 Å². The van der Waals surface area contributed by atoms with E-state index < -0.39 is 5.97 Å². The second kappa shape index (κ2) is 5.05. The van der Waals surface area contributed by atoms with Gasteiger partial charge >= 0.3 is 5.97 Å². The van der Waals surface area contributed by atoms with Crippen molar-refractivity contribution in [3.8, 4) is 0 Å². The van der Waals surface area contributed by atoms with Crippen molar-refractivity contribution in [3.05, 3.63) is 40.5 Å². The first-order chi connectivity index (χ1) is 8.56. The third-order valence-corrected chi connectivity index (χ3v) is 2.54. The van der Waals surface area contributed by atoms with Crippen LogP contribution < -0.4 is 5.32 Å². The van der Waals surface area contributed by atoms with Gasteiger partial charge in [0.1, 0.15) is 0 Å². The van der Waals surface area contributed by atoms with E-state index in [0.29, 0.717) is 29.0 Å². The number of carboxylic acid groups (broad SMARTS) is 1. The Labute approximate surface area is 108 Å². The number of anilines is 1. The van der Waals surface area contributed by atoms with Crippen LogP contribution in [0.15, 0.2) is 22.7 Å². The molecule has 0 aliphatic carbocycles. The normalized spacial score (nSPS) is 10.3. The van der Waals surface area contributed by atoms with Gasteiger partial charge in [-0.25, -0.2) is 4.79 Å². The molecule has 0 fully saturated rings. The largest absolute Gasteiger partial charge is 0.478 e. The van der Waals surface area contributed by atoms with E-state index in [-0.39, 0.29) is 5.56 Å². The number of carboxylic acids is 1. The first-order valence-electron chi connectivity index (χ1n) is 5.12. The van der Waals surface area contributed by atoms with Crippen molar-refractivity contribution in [1.82, 2.24) is 10.1 Å². The number of carbonyl (C=O) groups is 1. The molecular weight excluding hydrogens is 258 g/mol. The molecule has 94 valence electrons. The Hall–Kier alpha value is -2.08. The van der Waals surface area contributed by atoms with E-state index in [4.69, 9.17) is 21.2 Å². The van der Waals surface area contributed by atoms with Gasteiger partial charge in [0.2, 0.25) is 5.89 Å². The van der Waals surface area contributed by atoms with Crippen LogP contribution in [-0.4, -0.2) is 21.2 Å². The molecule has 0 atom stereocenters. The van der Waals surface area contributed by atoms with Gasteiger partial charge in [-0.3, -0.25) is 0 Å². The number of hydrogen-bond acceptors (Lipinski definition) is 5. The average molecular weight is 268 g/mol. The van der Waals surface area contributed by atoms with Crippen LogP contribution in [0.1, 0.15) is 22.1 Å². The van der Waals surface area contributed by atoms with Gasteiger partial charge in [-0.1, -0.05) is 16.8 Å². The van der Waals surface area contributed by atoms with Gasteiger partial charge < -0.3 is 14.9 Å². The highest BCUT2D eigenvalue weighted by Gasteiger charge is 2.08. The van der Waals surface area contributed by atoms with E-state index in [1.807, 2.05) is 0 Å². The summed E-state index contributed by atoms with van der Waals surface area (Å²) in [4.78, 5) is 14.8. The SMILES string of the molecule is Cc1nc(CNc2ccc(C(=O)O)cc2Cl)no1. The van der Waals surface area contributed by atoms with E-state index in [0.717, 1.165) is 0 Å². The van der Waals surface area contributed by atoms with Crippen LogP contribution in [-0.2, 0) is 6.54 Å². The molecule has 1 aromatic heterocycles. The quantitative estimate of drug-likeness (QED) is 0.884. The van der Waals surface area contributed by atoms with Crippen LogP contribution in [0, 0.1) is 6.92 Å². The van der Waals surface area contributed by atoms with Gasteiger partial charge in [0.05, 0.1) is 22.8 Å². The van der Waals surface area contributed by atoms with E-state index in [2.05, 4.69) is 15.5 Å². The minimum Gasteiger partial charge on any atom is -0.478 e. The zero-order valence-corrected chi connectivity index (χ0v) is 10.2. The van der Waals surface area contributed by atoms with Crippen molar-refractivity contribution >= 4 is 23.3 Å². The fourth-order valence-electron chi connectivity index (χ4n) is 1.38. The minimum absolute atomic E-state index is 0.140. The molecule has 0 saturated heterocycles. The number of aromatic carboxylic acids is 1. The highest BCUT2D eigenvalue weighted by molar-refractivity contribution is 6.33. The lowest BCUT2D eigenvalue weighted by Crippen LogP contribution is -2.03. The van der Waals surface area contributed by atoms with E-state index in [1.165, 1.54) is 12.1 Å². The molecule has 7 heteroatoms. The molecule has 6 nitrogen and oxygen atoms in total. The maximum absolute atomic E-state index is 10.7. The Bertz CT molecular complexity index is 583. The first kappa shape index (κ1) is 12.4. The maximum Gasteiger partial charge on any atom is 0.335 e. The van der Waals surface area contributed by atoms with E-state index >= 15 is 0 Å². The number of nitrogens with zero attached hydrogens (tertiary/aromatic N) is 2. The summed E-state index contributed by atoms with van der Waals surface area (Å²) < 4.78 is 4.82. The van der Waals surface area contributed by atoms with Gasteiger partial charge in [0, 0.05) is 6.92 Å². The molecule has 2 rings (SSSR count). The minimum atomic E-state index is -1.02. The molecule has 0 bridgehead atoms. The molecule has 1 aromatic carbocycles. The lowest BCUT2D eigenvalue weighted by molar-refractivity contribution is 0.0697. The molecule has 0 radical (unpaired) electrons. The number of halogens is 1. The molecular formula is C11H10ClN3O3. The second-order valence-electron chi connectivity index (χ2n) is 3.58. The Morgan fingerprint density at radius 2 is 2.33 bits per heavy atom.